The maximum atomic E-state index is 13.0. The number of anilines is 1. The molecule has 0 amide bonds. The van der Waals surface area contributed by atoms with E-state index in [-0.39, 0.29) is 5.78 Å². The molecule has 0 saturated carbocycles. The predicted molar refractivity (Wildman–Crippen MR) is 112 cm³/mol. The molecule has 0 unspecified atom stereocenters. The Balaban J connectivity index is 2.39. The molecule has 2 aromatic rings. The van der Waals surface area contributed by atoms with Gasteiger partial charge in [0.15, 0.2) is 5.78 Å². The SMILES string of the molecule is CCCCCc1ccc(C(=O)c2ccccc2)c(NC)c1CCCCC. The first-order valence-corrected chi connectivity index (χ1v) is 10.1. The maximum absolute atomic E-state index is 13.0. The third kappa shape index (κ3) is 5.20. The van der Waals surface area contributed by atoms with Gasteiger partial charge in [-0.25, -0.2) is 0 Å². The minimum atomic E-state index is 0.104. The number of carbonyl (C=O) groups excluding carboxylic acids is 1. The summed E-state index contributed by atoms with van der Waals surface area (Å²) >= 11 is 0. The number of benzene rings is 2. The molecule has 0 fully saturated rings. The summed E-state index contributed by atoms with van der Waals surface area (Å²) in [6, 6.07) is 13.8. The molecule has 0 heterocycles. The van der Waals surface area contributed by atoms with E-state index in [1.165, 1.54) is 49.7 Å². The van der Waals surface area contributed by atoms with E-state index in [9.17, 15) is 4.79 Å². The molecule has 2 nitrogen and oxygen atoms in total. The molecule has 0 spiro atoms. The van der Waals surface area contributed by atoms with Crippen LogP contribution in [0.25, 0.3) is 0 Å². The molecule has 1 N–H and O–H groups in total. The predicted octanol–water partition coefficient (Wildman–Crippen LogP) is 6.42. The Hall–Kier alpha value is -2.09. The summed E-state index contributed by atoms with van der Waals surface area (Å²) in [6.07, 6.45) is 9.46. The van der Waals surface area contributed by atoms with Crippen molar-refractivity contribution in [1.82, 2.24) is 0 Å². The lowest BCUT2D eigenvalue weighted by molar-refractivity contribution is 0.103. The van der Waals surface area contributed by atoms with Crippen LogP contribution in [0, 0.1) is 0 Å². The zero-order valence-electron chi connectivity index (χ0n) is 16.6. The van der Waals surface area contributed by atoms with Crippen LogP contribution in [0.4, 0.5) is 5.69 Å². The minimum absolute atomic E-state index is 0.104. The van der Waals surface area contributed by atoms with Crippen LogP contribution < -0.4 is 5.32 Å². The van der Waals surface area contributed by atoms with E-state index < -0.39 is 0 Å². The lowest BCUT2D eigenvalue weighted by Gasteiger charge is -2.18. The molecule has 2 aromatic carbocycles. The topological polar surface area (TPSA) is 29.1 Å². The quantitative estimate of drug-likeness (QED) is 0.373. The number of hydrogen-bond acceptors (Lipinski definition) is 2. The Labute approximate surface area is 159 Å². The summed E-state index contributed by atoms with van der Waals surface area (Å²) in [5.74, 6) is 0.104. The van der Waals surface area contributed by atoms with Gasteiger partial charge in [0.2, 0.25) is 0 Å². The first-order valence-electron chi connectivity index (χ1n) is 10.1. The average Bonchev–Trinajstić information content (AvgIpc) is 2.69. The van der Waals surface area contributed by atoms with Gasteiger partial charge in [0.05, 0.1) is 0 Å². The van der Waals surface area contributed by atoms with Crippen LogP contribution in [-0.4, -0.2) is 12.8 Å². The van der Waals surface area contributed by atoms with Crippen LogP contribution in [0.2, 0.25) is 0 Å². The van der Waals surface area contributed by atoms with E-state index in [1.54, 1.807) is 0 Å². The molecule has 26 heavy (non-hydrogen) atoms. The lowest BCUT2D eigenvalue weighted by atomic mass is 9.90. The van der Waals surface area contributed by atoms with Crippen LogP contribution >= 0.6 is 0 Å². The highest BCUT2D eigenvalue weighted by Crippen LogP contribution is 2.30. The second-order valence-electron chi connectivity index (χ2n) is 6.99. The summed E-state index contributed by atoms with van der Waals surface area (Å²) in [5.41, 5.74) is 5.33. The van der Waals surface area contributed by atoms with E-state index in [2.05, 4.69) is 25.2 Å². The van der Waals surface area contributed by atoms with Crippen LogP contribution in [0.1, 0.15) is 79.4 Å². The fourth-order valence-corrected chi connectivity index (χ4v) is 3.55. The maximum Gasteiger partial charge on any atom is 0.195 e. The van der Waals surface area contributed by atoms with Crippen molar-refractivity contribution in [2.24, 2.45) is 0 Å². The second kappa shape index (κ2) is 10.8. The summed E-state index contributed by atoms with van der Waals surface area (Å²) in [4.78, 5) is 13.0. The van der Waals surface area contributed by atoms with Gasteiger partial charge >= 0.3 is 0 Å². The van der Waals surface area contributed by atoms with E-state index in [0.29, 0.717) is 0 Å². The molecule has 2 rings (SSSR count). The van der Waals surface area contributed by atoms with Gasteiger partial charge in [0, 0.05) is 23.9 Å². The van der Waals surface area contributed by atoms with Gasteiger partial charge in [0.25, 0.3) is 0 Å². The molecular weight excluding hydrogens is 318 g/mol. The standard InChI is InChI=1S/C24H33NO/c1-4-6-9-13-19-17-18-22(24(26)20-14-11-8-12-15-20)23(25-3)21(19)16-10-7-5-2/h8,11-12,14-15,17-18,25H,4-7,9-10,13,16H2,1-3H3. The van der Waals surface area contributed by atoms with Gasteiger partial charge in [-0.05, 0) is 42.9 Å². The Morgan fingerprint density at radius 2 is 1.50 bits per heavy atom. The third-order valence-electron chi connectivity index (χ3n) is 5.02. The Morgan fingerprint density at radius 3 is 2.12 bits per heavy atom. The summed E-state index contributed by atoms with van der Waals surface area (Å²) < 4.78 is 0. The largest absolute Gasteiger partial charge is 0.387 e. The molecule has 0 aliphatic heterocycles. The van der Waals surface area contributed by atoms with Crippen LogP contribution in [0.15, 0.2) is 42.5 Å². The van der Waals surface area contributed by atoms with Crippen LogP contribution in [-0.2, 0) is 12.8 Å². The number of ketones is 1. The average molecular weight is 352 g/mol. The van der Waals surface area contributed by atoms with Gasteiger partial charge in [-0.3, -0.25) is 4.79 Å². The molecule has 0 aliphatic rings. The van der Waals surface area contributed by atoms with Crippen molar-refractivity contribution in [1.29, 1.82) is 0 Å². The van der Waals surface area contributed by atoms with Crippen molar-refractivity contribution in [3.63, 3.8) is 0 Å². The number of carbonyl (C=O) groups is 1. The fourth-order valence-electron chi connectivity index (χ4n) is 3.55. The van der Waals surface area contributed by atoms with Gasteiger partial charge in [-0.1, -0.05) is 75.9 Å². The number of hydrogen-bond donors (Lipinski definition) is 1. The molecule has 0 radical (unpaired) electrons. The first-order chi connectivity index (χ1) is 12.7. The Bertz CT molecular complexity index is 691. The molecule has 0 aliphatic carbocycles. The number of aryl methyl sites for hydroxylation is 1. The molecule has 0 atom stereocenters. The summed E-state index contributed by atoms with van der Waals surface area (Å²) in [5, 5.41) is 3.35. The van der Waals surface area contributed by atoms with Crippen LogP contribution in [0.3, 0.4) is 0 Å². The molecule has 140 valence electrons. The number of unbranched alkanes of at least 4 members (excludes halogenated alkanes) is 4. The highest BCUT2D eigenvalue weighted by Gasteiger charge is 2.18. The first kappa shape index (κ1) is 20.2. The molecular formula is C24H33NO. The molecule has 2 heteroatoms. The van der Waals surface area contributed by atoms with E-state index in [4.69, 9.17) is 0 Å². The van der Waals surface area contributed by atoms with Gasteiger partial charge < -0.3 is 5.32 Å². The van der Waals surface area contributed by atoms with Crippen molar-refractivity contribution in [2.45, 2.75) is 65.2 Å². The van der Waals surface area contributed by atoms with Crippen molar-refractivity contribution in [2.75, 3.05) is 12.4 Å². The van der Waals surface area contributed by atoms with Crippen LogP contribution in [0.5, 0.6) is 0 Å². The van der Waals surface area contributed by atoms with Gasteiger partial charge in [-0.15, -0.1) is 0 Å². The zero-order valence-corrected chi connectivity index (χ0v) is 16.6. The number of nitrogens with one attached hydrogen (secondary N) is 1. The van der Waals surface area contributed by atoms with E-state index >= 15 is 0 Å². The highest BCUT2D eigenvalue weighted by molar-refractivity contribution is 6.12. The number of rotatable bonds is 11. The molecule has 0 saturated heterocycles. The highest BCUT2D eigenvalue weighted by atomic mass is 16.1. The van der Waals surface area contributed by atoms with E-state index in [1.807, 2.05) is 43.4 Å². The minimum Gasteiger partial charge on any atom is -0.387 e. The zero-order chi connectivity index (χ0) is 18.8. The summed E-state index contributed by atoms with van der Waals surface area (Å²) in [6.45, 7) is 4.47. The Kier molecular flexibility index (Phi) is 8.40. The smallest absolute Gasteiger partial charge is 0.195 e. The Morgan fingerprint density at radius 1 is 0.846 bits per heavy atom. The summed E-state index contributed by atoms with van der Waals surface area (Å²) in [7, 11) is 1.94. The monoisotopic (exact) mass is 351 g/mol. The van der Waals surface area contributed by atoms with Crippen molar-refractivity contribution in [3.05, 3.63) is 64.7 Å². The van der Waals surface area contributed by atoms with Crippen molar-refractivity contribution < 1.29 is 4.79 Å². The molecule has 0 aromatic heterocycles. The lowest BCUT2D eigenvalue weighted by Crippen LogP contribution is -2.10. The third-order valence-corrected chi connectivity index (χ3v) is 5.02. The molecule has 0 bridgehead atoms. The van der Waals surface area contributed by atoms with E-state index in [0.717, 1.165) is 29.7 Å². The van der Waals surface area contributed by atoms with Gasteiger partial charge in [0.1, 0.15) is 0 Å². The normalized spacial score (nSPS) is 10.7. The van der Waals surface area contributed by atoms with Crippen molar-refractivity contribution in [3.8, 4) is 0 Å². The van der Waals surface area contributed by atoms with Crippen molar-refractivity contribution >= 4 is 11.5 Å². The van der Waals surface area contributed by atoms with Gasteiger partial charge in [-0.2, -0.15) is 0 Å². The second-order valence-corrected chi connectivity index (χ2v) is 6.99. The fraction of sp³-hybridized carbons (Fsp3) is 0.458.